The molecule has 2 saturated carbocycles. The second-order valence-electron chi connectivity index (χ2n) is 5.40. The Labute approximate surface area is 94.9 Å². The quantitative estimate of drug-likeness (QED) is 0.852. The average Bonchev–Trinajstić information content (AvgIpc) is 2.65. The molecule has 1 aromatic rings. The summed E-state index contributed by atoms with van der Waals surface area (Å²) in [6.45, 7) is 2.92. The highest BCUT2D eigenvalue weighted by Crippen LogP contribution is 2.60. The number of nitrogens with two attached hydrogens (primary N) is 1. The van der Waals surface area contributed by atoms with E-state index in [-0.39, 0.29) is 0 Å². The van der Waals surface area contributed by atoms with E-state index in [0.717, 1.165) is 24.8 Å². The molecule has 2 unspecified atom stereocenters. The van der Waals surface area contributed by atoms with Gasteiger partial charge in [0.15, 0.2) is 0 Å². The van der Waals surface area contributed by atoms with Crippen LogP contribution in [-0.2, 0) is 6.42 Å². The Morgan fingerprint density at radius 2 is 2.27 bits per heavy atom. The molecule has 0 aliphatic heterocycles. The van der Waals surface area contributed by atoms with E-state index < -0.39 is 0 Å². The number of thiazole rings is 1. The number of aromatic nitrogens is 1. The Morgan fingerprint density at radius 3 is 2.80 bits per heavy atom. The van der Waals surface area contributed by atoms with E-state index in [2.05, 4.69) is 17.3 Å². The summed E-state index contributed by atoms with van der Waals surface area (Å²) in [5.74, 6) is 2.02. The van der Waals surface area contributed by atoms with Crippen molar-refractivity contribution in [3.8, 4) is 0 Å². The van der Waals surface area contributed by atoms with E-state index in [1.54, 1.807) is 11.3 Å². The van der Waals surface area contributed by atoms with Gasteiger partial charge in [-0.25, -0.2) is 4.98 Å². The summed E-state index contributed by atoms with van der Waals surface area (Å²) in [7, 11) is 0. The maximum Gasteiger partial charge on any atom is 0.0897 e. The number of hydrogen-bond acceptors (Lipinski definition) is 3. The standard InChI is InChI=1S/C12H18N2S/c1-8-14-11(6-15-8)5-12(7-13)3-9-2-10(9)4-12/h6,9-10H,2-5,7,13H2,1H3. The summed E-state index contributed by atoms with van der Waals surface area (Å²) >= 11 is 1.76. The van der Waals surface area contributed by atoms with E-state index in [1.165, 1.54) is 30.0 Å². The van der Waals surface area contributed by atoms with E-state index in [1.807, 2.05) is 0 Å². The van der Waals surface area contributed by atoms with Crippen molar-refractivity contribution in [3.63, 3.8) is 0 Å². The van der Waals surface area contributed by atoms with Crippen LogP contribution >= 0.6 is 11.3 Å². The van der Waals surface area contributed by atoms with E-state index in [9.17, 15) is 0 Å². The average molecular weight is 222 g/mol. The molecule has 82 valence electrons. The Kier molecular flexibility index (Phi) is 2.15. The maximum atomic E-state index is 5.98. The molecule has 3 heteroatoms. The van der Waals surface area contributed by atoms with Gasteiger partial charge < -0.3 is 5.73 Å². The molecule has 2 fully saturated rings. The summed E-state index contributed by atoms with van der Waals surface area (Å²) in [5, 5.41) is 3.39. The lowest BCUT2D eigenvalue weighted by molar-refractivity contribution is 0.270. The molecule has 2 aliphatic rings. The summed E-state index contributed by atoms with van der Waals surface area (Å²) < 4.78 is 0. The summed E-state index contributed by atoms with van der Waals surface area (Å²) in [6.07, 6.45) is 5.29. The highest BCUT2D eigenvalue weighted by atomic mass is 32.1. The van der Waals surface area contributed by atoms with E-state index in [4.69, 9.17) is 5.73 Å². The Morgan fingerprint density at radius 1 is 1.53 bits per heavy atom. The van der Waals surface area contributed by atoms with Gasteiger partial charge in [-0.1, -0.05) is 0 Å². The molecule has 2 atom stereocenters. The highest BCUT2D eigenvalue weighted by molar-refractivity contribution is 7.09. The lowest BCUT2D eigenvalue weighted by Crippen LogP contribution is -2.31. The molecular weight excluding hydrogens is 204 g/mol. The second kappa shape index (κ2) is 3.29. The van der Waals surface area contributed by atoms with Gasteiger partial charge in [0.1, 0.15) is 0 Å². The molecule has 1 aromatic heterocycles. The topological polar surface area (TPSA) is 38.9 Å². The number of rotatable bonds is 3. The van der Waals surface area contributed by atoms with E-state index >= 15 is 0 Å². The zero-order valence-electron chi connectivity index (χ0n) is 9.20. The first-order valence-electron chi connectivity index (χ1n) is 5.82. The van der Waals surface area contributed by atoms with Gasteiger partial charge in [-0.05, 0) is 56.4 Å². The number of nitrogens with zero attached hydrogens (tertiary/aromatic N) is 1. The number of hydrogen-bond donors (Lipinski definition) is 1. The van der Waals surface area contributed by atoms with Gasteiger partial charge in [0.05, 0.1) is 10.7 Å². The van der Waals surface area contributed by atoms with Gasteiger partial charge in [0, 0.05) is 5.38 Å². The molecule has 0 spiro atoms. The molecule has 0 amide bonds. The molecule has 0 aromatic carbocycles. The zero-order chi connectivity index (χ0) is 10.5. The number of aryl methyl sites for hydroxylation is 1. The Hall–Kier alpha value is -0.410. The summed E-state index contributed by atoms with van der Waals surface area (Å²) in [6, 6.07) is 0. The van der Waals surface area contributed by atoms with Crippen LogP contribution in [0.2, 0.25) is 0 Å². The minimum atomic E-state index is 0.397. The minimum absolute atomic E-state index is 0.397. The third kappa shape index (κ3) is 1.72. The van der Waals surface area contributed by atoms with Crippen LogP contribution < -0.4 is 5.73 Å². The van der Waals surface area contributed by atoms with Crippen molar-refractivity contribution >= 4 is 11.3 Å². The van der Waals surface area contributed by atoms with Crippen molar-refractivity contribution in [2.45, 2.75) is 32.6 Å². The van der Waals surface area contributed by atoms with Crippen LogP contribution in [0.3, 0.4) is 0 Å². The van der Waals surface area contributed by atoms with Crippen LogP contribution in [0.5, 0.6) is 0 Å². The fourth-order valence-electron chi connectivity index (χ4n) is 3.26. The fraction of sp³-hybridized carbons (Fsp3) is 0.750. The van der Waals surface area contributed by atoms with Crippen molar-refractivity contribution in [3.05, 3.63) is 16.1 Å². The van der Waals surface area contributed by atoms with Crippen LogP contribution in [0.4, 0.5) is 0 Å². The first kappa shape index (κ1) is 9.79. The fourth-order valence-corrected chi connectivity index (χ4v) is 3.88. The van der Waals surface area contributed by atoms with Gasteiger partial charge in [-0.15, -0.1) is 11.3 Å². The first-order chi connectivity index (χ1) is 7.21. The smallest absolute Gasteiger partial charge is 0.0897 e. The van der Waals surface area contributed by atoms with Crippen molar-refractivity contribution in [1.29, 1.82) is 0 Å². The SMILES string of the molecule is Cc1nc(CC2(CN)CC3CC3C2)cs1. The molecule has 3 rings (SSSR count). The molecule has 2 N–H and O–H groups in total. The predicted octanol–water partition coefficient (Wildman–Crippen LogP) is 2.37. The van der Waals surface area contributed by atoms with Crippen LogP contribution in [0.1, 0.15) is 30.0 Å². The van der Waals surface area contributed by atoms with E-state index in [0.29, 0.717) is 5.41 Å². The summed E-state index contributed by atoms with van der Waals surface area (Å²) in [4.78, 5) is 4.57. The van der Waals surface area contributed by atoms with Crippen LogP contribution in [0.25, 0.3) is 0 Å². The largest absolute Gasteiger partial charge is 0.330 e. The normalized spacial score (nSPS) is 38.0. The highest BCUT2D eigenvalue weighted by Gasteiger charge is 2.53. The van der Waals surface area contributed by atoms with Gasteiger partial charge in [-0.3, -0.25) is 0 Å². The molecular formula is C12H18N2S. The van der Waals surface area contributed by atoms with Crippen molar-refractivity contribution in [2.75, 3.05) is 6.54 Å². The van der Waals surface area contributed by atoms with Gasteiger partial charge in [0.2, 0.25) is 0 Å². The second-order valence-corrected chi connectivity index (χ2v) is 6.47. The minimum Gasteiger partial charge on any atom is -0.330 e. The third-order valence-electron chi connectivity index (χ3n) is 4.12. The first-order valence-corrected chi connectivity index (χ1v) is 6.70. The molecule has 0 bridgehead atoms. The van der Waals surface area contributed by atoms with Gasteiger partial charge >= 0.3 is 0 Å². The lowest BCUT2D eigenvalue weighted by Gasteiger charge is -2.28. The third-order valence-corrected chi connectivity index (χ3v) is 4.94. The predicted molar refractivity (Wildman–Crippen MR) is 62.9 cm³/mol. The summed E-state index contributed by atoms with van der Waals surface area (Å²) in [5.41, 5.74) is 7.65. The molecule has 0 radical (unpaired) electrons. The van der Waals surface area contributed by atoms with Gasteiger partial charge in [-0.2, -0.15) is 0 Å². The number of fused-ring (bicyclic) bond motifs is 1. The molecule has 15 heavy (non-hydrogen) atoms. The van der Waals surface area contributed by atoms with Gasteiger partial charge in [0.25, 0.3) is 0 Å². The van der Waals surface area contributed by atoms with Crippen LogP contribution in [-0.4, -0.2) is 11.5 Å². The molecule has 1 heterocycles. The monoisotopic (exact) mass is 222 g/mol. The molecule has 2 aliphatic carbocycles. The van der Waals surface area contributed by atoms with Crippen LogP contribution in [0, 0.1) is 24.2 Å². The van der Waals surface area contributed by atoms with Crippen molar-refractivity contribution < 1.29 is 0 Å². The van der Waals surface area contributed by atoms with Crippen LogP contribution in [0.15, 0.2) is 5.38 Å². The Balaban J connectivity index is 1.75. The molecule has 2 nitrogen and oxygen atoms in total. The lowest BCUT2D eigenvalue weighted by atomic mass is 9.79. The Bertz CT molecular complexity index is 361. The van der Waals surface area contributed by atoms with Crippen molar-refractivity contribution in [1.82, 2.24) is 4.98 Å². The van der Waals surface area contributed by atoms with Crippen molar-refractivity contribution in [2.24, 2.45) is 23.0 Å². The molecule has 0 saturated heterocycles. The zero-order valence-corrected chi connectivity index (χ0v) is 10.0. The maximum absolute atomic E-state index is 5.98.